The van der Waals surface area contributed by atoms with Gasteiger partial charge in [-0.05, 0) is 44.6 Å². The van der Waals surface area contributed by atoms with Gasteiger partial charge in [-0.25, -0.2) is 4.99 Å². The first kappa shape index (κ1) is 17.8. The summed E-state index contributed by atoms with van der Waals surface area (Å²) >= 11 is 1.97. The van der Waals surface area contributed by atoms with Crippen molar-refractivity contribution in [3.63, 3.8) is 0 Å². The van der Waals surface area contributed by atoms with Gasteiger partial charge in [0.25, 0.3) is 0 Å². The minimum Gasteiger partial charge on any atom is -0.357 e. The SMILES string of the molecule is CCNC(=NCc1nncn1-c1ccccc1)NC1CCC(SC)C1. The topological polar surface area (TPSA) is 67.1 Å². The van der Waals surface area contributed by atoms with Crippen LogP contribution in [0.3, 0.4) is 0 Å². The summed E-state index contributed by atoms with van der Waals surface area (Å²) in [4.78, 5) is 4.72. The quantitative estimate of drug-likeness (QED) is 0.614. The van der Waals surface area contributed by atoms with E-state index >= 15 is 0 Å². The van der Waals surface area contributed by atoms with Crippen molar-refractivity contribution in [1.82, 2.24) is 25.4 Å². The monoisotopic (exact) mass is 358 g/mol. The highest BCUT2D eigenvalue weighted by Crippen LogP contribution is 2.28. The van der Waals surface area contributed by atoms with E-state index in [9.17, 15) is 0 Å². The van der Waals surface area contributed by atoms with Crippen molar-refractivity contribution in [1.29, 1.82) is 0 Å². The Morgan fingerprint density at radius 2 is 2.16 bits per heavy atom. The number of nitrogens with one attached hydrogen (secondary N) is 2. The van der Waals surface area contributed by atoms with E-state index in [1.165, 1.54) is 19.3 Å². The molecule has 0 saturated heterocycles. The van der Waals surface area contributed by atoms with Gasteiger partial charge in [-0.3, -0.25) is 4.57 Å². The molecule has 0 bridgehead atoms. The third kappa shape index (κ3) is 4.75. The van der Waals surface area contributed by atoms with Gasteiger partial charge in [-0.1, -0.05) is 18.2 Å². The molecule has 0 aliphatic heterocycles. The number of guanidine groups is 1. The van der Waals surface area contributed by atoms with Crippen molar-refractivity contribution < 1.29 is 0 Å². The molecule has 7 heteroatoms. The molecule has 1 aliphatic rings. The normalized spacial score (nSPS) is 20.6. The number of hydrogen-bond donors (Lipinski definition) is 2. The lowest BCUT2D eigenvalue weighted by Gasteiger charge is -2.17. The second-order valence-corrected chi connectivity index (χ2v) is 7.30. The average Bonchev–Trinajstić information content (AvgIpc) is 3.29. The molecule has 0 radical (unpaired) electrons. The van der Waals surface area contributed by atoms with Crippen LogP contribution in [0.2, 0.25) is 0 Å². The molecule has 1 aromatic heterocycles. The second kappa shape index (κ2) is 8.89. The van der Waals surface area contributed by atoms with Crippen LogP contribution in [0.15, 0.2) is 41.7 Å². The molecule has 1 heterocycles. The van der Waals surface area contributed by atoms with E-state index < -0.39 is 0 Å². The van der Waals surface area contributed by atoms with E-state index in [1.54, 1.807) is 6.33 Å². The van der Waals surface area contributed by atoms with Crippen molar-refractivity contribution in [2.45, 2.75) is 44.0 Å². The number of benzene rings is 1. The number of para-hydroxylation sites is 1. The zero-order valence-electron chi connectivity index (χ0n) is 14.9. The Morgan fingerprint density at radius 3 is 2.88 bits per heavy atom. The van der Waals surface area contributed by atoms with Crippen LogP contribution in [-0.4, -0.2) is 44.8 Å². The Morgan fingerprint density at radius 1 is 1.32 bits per heavy atom. The zero-order valence-corrected chi connectivity index (χ0v) is 15.7. The lowest BCUT2D eigenvalue weighted by Crippen LogP contribution is -2.42. The Kier molecular flexibility index (Phi) is 6.33. The first-order valence-electron chi connectivity index (χ1n) is 8.82. The maximum atomic E-state index is 4.72. The van der Waals surface area contributed by atoms with Gasteiger partial charge in [0.15, 0.2) is 11.8 Å². The summed E-state index contributed by atoms with van der Waals surface area (Å²) in [7, 11) is 0. The predicted octanol–water partition coefficient (Wildman–Crippen LogP) is 2.61. The number of nitrogens with zero attached hydrogens (tertiary/aromatic N) is 4. The summed E-state index contributed by atoms with van der Waals surface area (Å²) < 4.78 is 1.98. The summed E-state index contributed by atoms with van der Waals surface area (Å²) in [5, 5.41) is 16.0. The van der Waals surface area contributed by atoms with Crippen LogP contribution in [0, 0.1) is 0 Å². The third-order valence-corrected chi connectivity index (χ3v) is 5.53. The van der Waals surface area contributed by atoms with Gasteiger partial charge in [0.05, 0.1) is 0 Å². The number of aromatic nitrogens is 3. The van der Waals surface area contributed by atoms with E-state index in [0.717, 1.165) is 29.3 Å². The molecule has 1 aromatic carbocycles. The van der Waals surface area contributed by atoms with E-state index in [0.29, 0.717) is 12.6 Å². The maximum Gasteiger partial charge on any atom is 0.191 e. The molecular weight excluding hydrogens is 332 g/mol. The minimum absolute atomic E-state index is 0.489. The highest BCUT2D eigenvalue weighted by atomic mass is 32.2. The van der Waals surface area contributed by atoms with Crippen molar-refractivity contribution in [3.8, 4) is 5.69 Å². The van der Waals surface area contributed by atoms with Crippen molar-refractivity contribution in [2.24, 2.45) is 4.99 Å². The molecule has 134 valence electrons. The van der Waals surface area contributed by atoms with Gasteiger partial charge in [0.2, 0.25) is 0 Å². The second-order valence-electron chi connectivity index (χ2n) is 6.16. The highest BCUT2D eigenvalue weighted by molar-refractivity contribution is 7.99. The molecule has 2 unspecified atom stereocenters. The van der Waals surface area contributed by atoms with Crippen molar-refractivity contribution in [2.75, 3.05) is 12.8 Å². The average molecular weight is 359 g/mol. The number of hydrogen-bond acceptors (Lipinski definition) is 4. The summed E-state index contributed by atoms with van der Waals surface area (Å²) in [5.41, 5.74) is 1.05. The van der Waals surface area contributed by atoms with E-state index in [4.69, 9.17) is 4.99 Å². The molecule has 0 spiro atoms. The summed E-state index contributed by atoms with van der Waals surface area (Å²) in [6, 6.07) is 10.6. The third-order valence-electron chi connectivity index (χ3n) is 4.43. The molecule has 1 saturated carbocycles. The zero-order chi connectivity index (χ0) is 17.5. The first-order chi connectivity index (χ1) is 12.3. The summed E-state index contributed by atoms with van der Waals surface area (Å²) in [6.07, 6.45) is 7.62. The van der Waals surface area contributed by atoms with Crippen LogP contribution >= 0.6 is 11.8 Å². The van der Waals surface area contributed by atoms with Crippen LogP contribution < -0.4 is 10.6 Å². The Labute approximate surface area is 153 Å². The molecule has 1 fully saturated rings. The number of rotatable bonds is 6. The lowest BCUT2D eigenvalue weighted by atomic mass is 10.2. The molecule has 0 amide bonds. The molecule has 3 rings (SSSR count). The number of aliphatic imine (C=N–C) groups is 1. The fourth-order valence-corrected chi connectivity index (χ4v) is 3.92. The fourth-order valence-electron chi connectivity index (χ4n) is 3.12. The first-order valence-corrected chi connectivity index (χ1v) is 10.1. The van der Waals surface area contributed by atoms with Gasteiger partial charge >= 0.3 is 0 Å². The van der Waals surface area contributed by atoms with Crippen LogP contribution in [0.5, 0.6) is 0 Å². The Balaban J connectivity index is 1.67. The Hall–Kier alpha value is -2.02. The van der Waals surface area contributed by atoms with Gasteiger partial charge in [0.1, 0.15) is 12.9 Å². The smallest absolute Gasteiger partial charge is 0.191 e. The Bertz CT molecular complexity index is 684. The van der Waals surface area contributed by atoms with Gasteiger partial charge in [-0.15, -0.1) is 10.2 Å². The molecule has 2 atom stereocenters. The van der Waals surface area contributed by atoms with Crippen LogP contribution in [0.25, 0.3) is 5.69 Å². The number of thioether (sulfide) groups is 1. The molecule has 2 aromatic rings. The van der Waals surface area contributed by atoms with Crippen molar-refractivity contribution >= 4 is 17.7 Å². The van der Waals surface area contributed by atoms with Gasteiger partial charge < -0.3 is 10.6 Å². The maximum absolute atomic E-state index is 4.72. The van der Waals surface area contributed by atoms with Crippen LogP contribution in [-0.2, 0) is 6.54 Å². The molecule has 25 heavy (non-hydrogen) atoms. The molecule has 1 aliphatic carbocycles. The van der Waals surface area contributed by atoms with Gasteiger partial charge in [0, 0.05) is 23.5 Å². The standard InChI is InChI=1S/C18H26N6S/c1-3-19-18(22-14-9-10-16(11-14)25-2)20-12-17-23-21-13-24(17)15-7-5-4-6-8-15/h4-8,13-14,16H,3,9-12H2,1-2H3,(H2,19,20,22). The predicted molar refractivity (Wildman–Crippen MR) is 104 cm³/mol. The lowest BCUT2D eigenvalue weighted by molar-refractivity contribution is 0.614. The fraction of sp³-hybridized carbons (Fsp3) is 0.500. The van der Waals surface area contributed by atoms with Crippen LogP contribution in [0.4, 0.5) is 0 Å². The van der Waals surface area contributed by atoms with E-state index in [-0.39, 0.29) is 0 Å². The summed E-state index contributed by atoms with van der Waals surface area (Å²) in [5.74, 6) is 1.69. The largest absolute Gasteiger partial charge is 0.357 e. The van der Waals surface area contributed by atoms with E-state index in [1.807, 2.05) is 46.7 Å². The molecular formula is C18H26N6S. The van der Waals surface area contributed by atoms with Crippen molar-refractivity contribution in [3.05, 3.63) is 42.5 Å². The van der Waals surface area contributed by atoms with E-state index in [2.05, 4.69) is 34.0 Å². The summed E-state index contributed by atoms with van der Waals surface area (Å²) in [6.45, 7) is 3.42. The molecule has 2 N–H and O–H groups in total. The molecule has 6 nitrogen and oxygen atoms in total. The van der Waals surface area contributed by atoms with Crippen LogP contribution in [0.1, 0.15) is 32.0 Å². The highest BCUT2D eigenvalue weighted by Gasteiger charge is 2.24. The minimum atomic E-state index is 0.489. The van der Waals surface area contributed by atoms with Gasteiger partial charge in [-0.2, -0.15) is 11.8 Å².